The number of thiazole rings is 1. The number of hydrogen-bond acceptors (Lipinski definition) is 3. The molecule has 0 saturated carbocycles. The fourth-order valence-electron chi connectivity index (χ4n) is 0.947. The zero-order chi connectivity index (χ0) is 6.10. The third-order valence-electron chi connectivity index (χ3n) is 1.39. The Kier molecular flexibility index (Phi) is 1.47. The van der Waals surface area contributed by atoms with Crippen molar-refractivity contribution < 1.29 is 0 Å². The lowest BCUT2D eigenvalue weighted by atomic mass is 10.3. The second-order valence-electron chi connectivity index (χ2n) is 2.04. The Morgan fingerprint density at radius 1 is 1.56 bits per heavy atom. The molecule has 0 atom stereocenters. The summed E-state index contributed by atoms with van der Waals surface area (Å²) in [5, 5.41) is 0. The molecule has 0 amide bonds. The molecule has 1 aromatic rings. The molecule has 3 heteroatoms. The first-order valence-electron chi connectivity index (χ1n) is 3.02. The van der Waals surface area contributed by atoms with Crippen molar-refractivity contribution in [1.29, 1.82) is 0 Å². The van der Waals surface area contributed by atoms with Crippen LogP contribution in [-0.2, 0) is 6.42 Å². The van der Waals surface area contributed by atoms with Crippen LogP contribution in [0.5, 0.6) is 0 Å². The molecule has 0 saturated heterocycles. The van der Waals surface area contributed by atoms with E-state index in [0.29, 0.717) is 0 Å². The average molecular weight is 157 g/mol. The molecular weight excluding hydrogens is 150 g/mol. The van der Waals surface area contributed by atoms with Crippen LogP contribution in [0.25, 0.3) is 0 Å². The van der Waals surface area contributed by atoms with Gasteiger partial charge in [0.05, 0.1) is 15.4 Å². The van der Waals surface area contributed by atoms with Gasteiger partial charge in [0.25, 0.3) is 0 Å². The van der Waals surface area contributed by atoms with Crippen molar-refractivity contribution in [3.63, 3.8) is 0 Å². The number of nitrogens with zero attached hydrogens (tertiary/aromatic N) is 1. The summed E-state index contributed by atoms with van der Waals surface area (Å²) < 4.78 is 1.45. The molecule has 1 nitrogen and oxygen atoms in total. The van der Waals surface area contributed by atoms with Gasteiger partial charge in [0, 0.05) is 0 Å². The first kappa shape index (κ1) is 5.74. The maximum Gasteiger partial charge on any atom is 0.0830 e. The van der Waals surface area contributed by atoms with Gasteiger partial charge in [0.1, 0.15) is 0 Å². The Labute approximate surface area is 62.5 Å². The summed E-state index contributed by atoms with van der Waals surface area (Å²) in [7, 11) is 0. The second kappa shape index (κ2) is 2.31. The lowest BCUT2D eigenvalue weighted by Crippen LogP contribution is -1.95. The minimum atomic E-state index is 1.20. The molecule has 0 N–H and O–H groups in total. The van der Waals surface area contributed by atoms with E-state index in [0.717, 1.165) is 0 Å². The lowest BCUT2D eigenvalue weighted by Gasteiger charge is -2.06. The fraction of sp³-hybridized carbons (Fsp3) is 0.500. The molecule has 48 valence electrons. The number of fused-ring (bicyclic) bond motifs is 1. The largest absolute Gasteiger partial charge is 0.249 e. The molecule has 9 heavy (non-hydrogen) atoms. The summed E-state index contributed by atoms with van der Waals surface area (Å²) >= 11 is 3.73. The quantitative estimate of drug-likeness (QED) is 0.572. The molecule has 0 fully saturated rings. The van der Waals surface area contributed by atoms with Gasteiger partial charge in [-0.15, -0.1) is 23.1 Å². The average Bonchev–Trinajstić information content (AvgIpc) is 2.33. The summed E-state index contributed by atoms with van der Waals surface area (Å²) in [6, 6.07) is 0. The monoisotopic (exact) mass is 157 g/mol. The summed E-state index contributed by atoms with van der Waals surface area (Å²) in [6.07, 6.45) is 2.51. The van der Waals surface area contributed by atoms with Crippen molar-refractivity contribution in [2.75, 3.05) is 5.75 Å². The van der Waals surface area contributed by atoms with Crippen molar-refractivity contribution >= 4 is 23.1 Å². The van der Waals surface area contributed by atoms with E-state index in [2.05, 4.69) is 4.98 Å². The van der Waals surface area contributed by atoms with Crippen LogP contribution in [0.2, 0.25) is 0 Å². The zero-order valence-electron chi connectivity index (χ0n) is 4.96. The minimum absolute atomic E-state index is 1.20. The second-order valence-corrected chi connectivity index (χ2v) is 4.26. The molecule has 0 aliphatic carbocycles. The standard InChI is InChI=1S/C6H7NS2/c1-2-5-6(8-3-1)9-4-7-5/h4H,1-3H2. The van der Waals surface area contributed by atoms with Gasteiger partial charge < -0.3 is 0 Å². The molecule has 1 aromatic heterocycles. The molecule has 0 unspecified atom stereocenters. The topological polar surface area (TPSA) is 12.9 Å². The van der Waals surface area contributed by atoms with Crippen LogP contribution in [0.4, 0.5) is 0 Å². The van der Waals surface area contributed by atoms with Gasteiger partial charge >= 0.3 is 0 Å². The summed E-state index contributed by atoms with van der Waals surface area (Å²) in [6.45, 7) is 0. The van der Waals surface area contributed by atoms with Gasteiger partial charge in [0.2, 0.25) is 0 Å². The molecule has 0 radical (unpaired) electrons. The third-order valence-corrected chi connectivity index (χ3v) is 3.69. The Morgan fingerprint density at radius 3 is 3.44 bits per heavy atom. The van der Waals surface area contributed by atoms with Crippen molar-refractivity contribution in [3.05, 3.63) is 11.2 Å². The van der Waals surface area contributed by atoms with Gasteiger partial charge in [-0.2, -0.15) is 0 Å². The van der Waals surface area contributed by atoms with Crippen LogP contribution in [0.1, 0.15) is 12.1 Å². The van der Waals surface area contributed by atoms with E-state index < -0.39 is 0 Å². The van der Waals surface area contributed by atoms with Crippen molar-refractivity contribution in [2.45, 2.75) is 17.1 Å². The number of hydrogen-bond donors (Lipinski definition) is 0. The number of rotatable bonds is 0. The Balaban J connectivity index is 2.39. The van der Waals surface area contributed by atoms with E-state index >= 15 is 0 Å². The van der Waals surface area contributed by atoms with E-state index in [1.807, 2.05) is 17.3 Å². The van der Waals surface area contributed by atoms with Crippen LogP contribution in [0, 0.1) is 0 Å². The van der Waals surface area contributed by atoms with Crippen molar-refractivity contribution in [2.24, 2.45) is 0 Å². The molecule has 1 aliphatic heterocycles. The SMILES string of the molecule is c1nc2c(s1)SCCC2. The molecule has 2 heterocycles. The van der Waals surface area contributed by atoms with Crippen LogP contribution in [0.3, 0.4) is 0 Å². The van der Waals surface area contributed by atoms with E-state index in [1.165, 1.54) is 28.5 Å². The predicted molar refractivity (Wildman–Crippen MR) is 41.2 cm³/mol. The fourth-order valence-corrected chi connectivity index (χ4v) is 2.96. The van der Waals surface area contributed by atoms with E-state index in [1.54, 1.807) is 11.3 Å². The molecule has 0 aromatic carbocycles. The molecular formula is C6H7NS2. The Morgan fingerprint density at radius 2 is 2.56 bits per heavy atom. The first-order valence-corrected chi connectivity index (χ1v) is 4.88. The van der Waals surface area contributed by atoms with Gasteiger partial charge in [0.15, 0.2) is 0 Å². The third kappa shape index (κ3) is 0.990. The molecule has 0 bridgehead atoms. The van der Waals surface area contributed by atoms with Crippen molar-refractivity contribution in [1.82, 2.24) is 4.98 Å². The highest BCUT2D eigenvalue weighted by atomic mass is 32.2. The highest BCUT2D eigenvalue weighted by molar-refractivity contribution is 8.01. The molecule has 1 aliphatic rings. The van der Waals surface area contributed by atoms with E-state index in [9.17, 15) is 0 Å². The van der Waals surface area contributed by atoms with Gasteiger partial charge in [-0.05, 0) is 18.6 Å². The number of thioether (sulfide) groups is 1. The molecule has 2 rings (SSSR count). The molecule has 0 spiro atoms. The van der Waals surface area contributed by atoms with E-state index in [-0.39, 0.29) is 0 Å². The summed E-state index contributed by atoms with van der Waals surface area (Å²) in [4.78, 5) is 4.25. The van der Waals surface area contributed by atoms with Gasteiger partial charge in [-0.3, -0.25) is 0 Å². The van der Waals surface area contributed by atoms with Crippen molar-refractivity contribution in [3.8, 4) is 0 Å². The number of aryl methyl sites for hydroxylation is 1. The highest BCUT2D eigenvalue weighted by Gasteiger charge is 2.10. The maximum atomic E-state index is 4.25. The van der Waals surface area contributed by atoms with Crippen LogP contribution >= 0.6 is 23.1 Å². The highest BCUT2D eigenvalue weighted by Crippen LogP contribution is 2.32. The van der Waals surface area contributed by atoms with Crippen LogP contribution < -0.4 is 0 Å². The smallest absolute Gasteiger partial charge is 0.0830 e. The van der Waals surface area contributed by atoms with E-state index in [4.69, 9.17) is 0 Å². The summed E-state index contributed by atoms with van der Waals surface area (Å²) in [5.74, 6) is 1.29. The normalized spacial score (nSPS) is 17.3. The minimum Gasteiger partial charge on any atom is -0.249 e. The summed E-state index contributed by atoms with van der Waals surface area (Å²) in [5.41, 5.74) is 3.28. The Bertz CT molecular complexity index is 186. The predicted octanol–water partition coefficient (Wildman–Crippen LogP) is 2.18. The first-order chi connectivity index (χ1) is 4.47. The Hall–Kier alpha value is -0.0200. The van der Waals surface area contributed by atoms with Crippen LogP contribution in [0.15, 0.2) is 9.72 Å². The van der Waals surface area contributed by atoms with Gasteiger partial charge in [-0.1, -0.05) is 0 Å². The lowest BCUT2D eigenvalue weighted by molar-refractivity contribution is 0.867. The maximum absolute atomic E-state index is 4.25. The number of aromatic nitrogens is 1. The van der Waals surface area contributed by atoms with Crippen LogP contribution in [-0.4, -0.2) is 10.7 Å². The zero-order valence-corrected chi connectivity index (χ0v) is 6.60. The van der Waals surface area contributed by atoms with Gasteiger partial charge in [-0.25, -0.2) is 4.98 Å².